The lowest BCUT2D eigenvalue weighted by Crippen LogP contribution is -2.60. The van der Waals surface area contributed by atoms with E-state index in [0.717, 1.165) is 13.0 Å². The minimum Gasteiger partial charge on any atom is -0.383 e. The van der Waals surface area contributed by atoms with Gasteiger partial charge in [-0.15, -0.1) is 0 Å². The summed E-state index contributed by atoms with van der Waals surface area (Å²) in [4.78, 5) is 0. The molecule has 0 amide bonds. The molecule has 2 N–H and O–H groups in total. The van der Waals surface area contributed by atoms with Gasteiger partial charge in [-0.2, -0.15) is 55.1 Å². The summed E-state index contributed by atoms with van der Waals surface area (Å²) >= 11 is 1.57. The normalized spacial score (nSPS) is 23.2. The summed E-state index contributed by atoms with van der Waals surface area (Å²) in [6, 6.07) is 2.04. The number of hydrogen-bond acceptors (Lipinski definition) is 6. The van der Waals surface area contributed by atoms with E-state index in [2.05, 4.69) is 5.10 Å². The molecule has 16 heteroatoms. The highest BCUT2D eigenvalue weighted by Crippen LogP contribution is 2.51. The van der Waals surface area contributed by atoms with Crippen LogP contribution >= 0.6 is 22.6 Å². The van der Waals surface area contributed by atoms with Crippen LogP contribution in [0.5, 0.6) is 0 Å². The number of rotatable bonds is 4. The number of anilines is 1. The zero-order chi connectivity index (χ0) is 26.4. The number of aliphatic hydroxyl groups is 2. The molecule has 0 radical (unpaired) electrons. The fourth-order valence-corrected chi connectivity index (χ4v) is 4.37. The van der Waals surface area contributed by atoms with Gasteiger partial charge in [-0.3, -0.25) is 0 Å². The summed E-state index contributed by atoms with van der Waals surface area (Å²) in [5.41, 5.74) is -11.3. The Hall–Kier alpha value is -2.31. The molecule has 0 fully saturated rings. The average Bonchev–Trinajstić information content (AvgIpc) is 3.02. The van der Waals surface area contributed by atoms with Crippen molar-refractivity contribution in [3.8, 4) is 12.1 Å². The van der Waals surface area contributed by atoms with Crippen LogP contribution in [0.3, 0.4) is 0 Å². The number of nitriles is 2. The number of hydrazone groups is 1. The van der Waals surface area contributed by atoms with Gasteiger partial charge >= 0.3 is 18.5 Å². The van der Waals surface area contributed by atoms with Crippen molar-refractivity contribution in [2.75, 3.05) is 9.44 Å². The lowest BCUT2D eigenvalue weighted by Gasteiger charge is -2.42. The van der Waals surface area contributed by atoms with E-state index in [1.54, 1.807) is 22.6 Å². The van der Waals surface area contributed by atoms with Gasteiger partial charge in [0.15, 0.2) is 18.0 Å². The van der Waals surface area contributed by atoms with Crippen molar-refractivity contribution < 1.29 is 49.7 Å². The Morgan fingerprint density at radius 2 is 1.53 bits per heavy atom. The standard InChI is InChI=1S/C18H12F9IN4O2/c1-7(4-28)15(13(33)18(25,26)27)12(6-30)31-32(14(15)34)8-2-10(16(19,20)21)9(5-29)11(3-8)17(22,23)24/h2-3,7,13-14,33-34H,4H2,1H3. The minimum atomic E-state index is -5.51. The highest BCUT2D eigenvalue weighted by molar-refractivity contribution is 14.1. The van der Waals surface area contributed by atoms with E-state index in [9.17, 15) is 55.0 Å². The molecule has 0 saturated heterocycles. The lowest BCUT2D eigenvalue weighted by atomic mass is 9.68. The molecule has 0 saturated carbocycles. The highest BCUT2D eigenvalue weighted by atomic mass is 127. The van der Waals surface area contributed by atoms with Crippen molar-refractivity contribution in [2.24, 2.45) is 16.4 Å². The Labute approximate surface area is 199 Å². The average molecular weight is 614 g/mol. The van der Waals surface area contributed by atoms with Crippen LogP contribution in [0.2, 0.25) is 0 Å². The molecule has 0 bridgehead atoms. The monoisotopic (exact) mass is 614 g/mol. The smallest absolute Gasteiger partial charge is 0.383 e. The van der Waals surface area contributed by atoms with Crippen molar-refractivity contribution in [1.82, 2.24) is 0 Å². The van der Waals surface area contributed by atoms with Gasteiger partial charge in [0.1, 0.15) is 17.6 Å². The van der Waals surface area contributed by atoms with Crippen molar-refractivity contribution in [2.45, 2.75) is 37.8 Å². The molecule has 0 aliphatic carbocycles. The number of hydrogen-bond donors (Lipinski definition) is 2. The van der Waals surface area contributed by atoms with Crippen LogP contribution in [-0.4, -0.2) is 38.9 Å². The Morgan fingerprint density at radius 1 is 1.06 bits per heavy atom. The summed E-state index contributed by atoms with van der Waals surface area (Å²) in [6.45, 7) is 1.09. The summed E-state index contributed by atoms with van der Waals surface area (Å²) in [7, 11) is 0. The van der Waals surface area contributed by atoms with Gasteiger partial charge < -0.3 is 10.2 Å². The number of alkyl halides is 10. The Morgan fingerprint density at radius 3 is 1.85 bits per heavy atom. The molecule has 1 heterocycles. The molecule has 1 aliphatic rings. The van der Waals surface area contributed by atoms with E-state index < -0.39 is 70.3 Å². The Bertz CT molecular complexity index is 1040. The molecule has 1 aliphatic heterocycles. The van der Waals surface area contributed by atoms with Gasteiger partial charge in [-0.1, -0.05) is 29.5 Å². The van der Waals surface area contributed by atoms with Crippen LogP contribution in [0, 0.1) is 34.0 Å². The van der Waals surface area contributed by atoms with E-state index in [0.29, 0.717) is 0 Å². The molecule has 34 heavy (non-hydrogen) atoms. The maximum absolute atomic E-state index is 13.5. The van der Waals surface area contributed by atoms with Crippen LogP contribution in [0.4, 0.5) is 45.2 Å². The lowest BCUT2D eigenvalue weighted by molar-refractivity contribution is -0.244. The number of halogens is 10. The van der Waals surface area contributed by atoms with Crippen LogP contribution in [-0.2, 0) is 12.4 Å². The molecule has 186 valence electrons. The first-order valence-corrected chi connectivity index (χ1v) is 10.4. The van der Waals surface area contributed by atoms with Crippen molar-refractivity contribution >= 4 is 34.0 Å². The Balaban J connectivity index is 2.90. The number of nitrogens with zero attached hydrogens (tertiary/aromatic N) is 4. The summed E-state index contributed by atoms with van der Waals surface area (Å²) in [6.07, 6.45) is -22.6. The van der Waals surface area contributed by atoms with E-state index in [1.165, 1.54) is 6.07 Å². The molecule has 4 unspecified atom stereocenters. The largest absolute Gasteiger partial charge is 0.417 e. The third-order valence-electron chi connectivity index (χ3n) is 5.30. The summed E-state index contributed by atoms with van der Waals surface area (Å²) < 4.78 is 121. The van der Waals surface area contributed by atoms with Gasteiger partial charge in [0.2, 0.25) is 0 Å². The maximum atomic E-state index is 13.5. The van der Waals surface area contributed by atoms with Crippen LogP contribution in [0.1, 0.15) is 23.6 Å². The summed E-state index contributed by atoms with van der Waals surface area (Å²) in [5.74, 6) is -1.38. The van der Waals surface area contributed by atoms with Gasteiger partial charge in [0, 0.05) is 4.43 Å². The van der Waals surface area contributed by atoms with E-state index in [-0.39, 0.29) is 21.6 Å². The molecule has 2 rings (SSSR count). The zero-order valence-electron chi connectivity index (χ0n) is 16.6. The first kappa shape index (κ1) is 27.9. The van der Waals surface area contributed by atoms with Crippen molar-refractivity contribution in [1.29, 1.82) is 10.5 Å². The van der Waals surface area contributed by atoms with Crippen LogP contribution in [0.25, 0.3) is 0 Å². The number of aliphatic hydroxyl groups excluding tert-OH is 2. The van der Waals surface area contributed by atoms with Gasteiger partial charge in [-0.25, -0.2) is 5.01 Å². The molecule has 0 spiro atoms. The van der Waals surface area contributed by atoms with E-state index in [4.69, 9.17) is 5.26 Å². The predicted molar refractivity (Wildman–Crippen MR) is 105 cm³/mol. The van der Waals surface area contributed by atoms with Gasteiger partial charge in [-0.05, 0) is 18.1 Å². The van der Waals surface area contributed by atoms with Crippen molar-refractivity contribution in [3.05, 3.63) is 28.8 Å². The maximum Gasteiger partial charge on any atom is 0.417 e. The Kier molecular flexibility index (Phi) is 7.43. The quantitative estimate of drug-likeness (QED) is 0.294. The van der Waals surface area contributed by atoms with E-state index >= 15 is 0 Å². The molecular formula is C18H12F9IN4O2. The second-order valence-corrected chi connectivity index (χ2v) is 8.12. The zero-order valence-corrected chi connectivity index (χ0v) is 18.7. The topological polar surface area (TPSA) is 104 Å². The third-order valence-corrected chi connectivity index (χ3v) is 6.62. The first-order valence-electron chi connectivity index (χ1n) is 8.88. The van der Waals surface area contributed by atoms with E-state index in [1.807, 2.05) is 0 Å². The molecule has 1 aromatic carbocycles. The summed E-state index contributed by atoms with van der Waals surface area (Å²) in [5, 5.41) is 42.5. The fraction of sp³-hybridized carbons (Fsp3) is 0.500. The highest BCUT2D eigenvalue weighted by Gasteiger charge is 2.66. The second-order valence-electron chi connectivity index (χ2n) is 7.23. The number of benzene rings is 1. The fourth-order valence-electron chi connectivity index (χ4n) is 3.65. The van der Waals surface area contributed by atoms with Crippen LogP contribution in [0.15, 0.2) is 17.2 Å². The van der Waals surface area contributed by atoms with Crippen molar-refractivity contribution in [3.63, 3.8) is 0 Å². The SMILES string of the molecule is CC(CI)C1(C(O)C(F)(F)F)C(C#N)=NN(c2cc(C(F)(F)F)c(C#N)c(C(F)(F)F)c2)C1O. The van der Waals surface area contributed by atoms with Gasteiger partial charge in [0.25, 0.3) is 0 Å². The minimum absolute atomic E-state index is 0.0136. The predicted octanol–water partition coefficient (Wildman–Crippen LogP) is 4.59. The van der Waals surface area contributed by atoms with Crippen LogP contribution < -0.4 is 5.01 Å². The third kappa shape index (κ3) is 4.50. The molecule has 4 atom stereocenters. The molecule has 0 aromatic heterocycles. The first-order chi connectivity index (χ1) is 15.4. The molecule has 1 aromatic rings. The van der Waals surface area contributed by atoms with Gasteiger partial charge in [0.05, 0.1) is 22.4 Å². The molecular weight excluding hydrogens is 602 g/mol. The second kappa shape index (κ2) is 9.04. The molecule has 6 nitrogen and oxygen atoms in total.